The smallest absolute Gasteiger partial charge is 0.214 e. The van der Waals surface area contributed by atoms with E-state index in [1.54, 1.807) is 30.5 Å². The summed E-state index contributed by atoms with van der Waals surface area (Å²) in [4.78, 5) is 3.66. The second-order valence-corrected chi connectivity index (χ2v) is 8.65. The molecular weight excluding hydrogens is 368 g/mol. The molecule has 1 aromatic heterocycles. The summed E-state index contributed by atoms with van der Waals surface area (Å²) < 4.78 is 26.7. The van der Waals surface area contributed by atoms with Gasteiger partial charge in [0.15, 0.2) is 11.1 Å². The van der Waals surface area contributed by atoms with Crippen LogP contribution >= 0.6 is 0 Å². The zero-order valence-corrected chi connectivity index (χ0v) is 16.3. The number of aromatic amines is 1. The van der Waals surface area contributed by atoms with E-state index in [1.165, 1.54) is 0 Å². The van der Waals surface area contributed by atoms with Crippen LogP contribution in [0.5, 0.6) is 0 Å². The number of anilines is 1. The quantitative estimate of drug-likeness (QED) is 0.550. The van der Waals surface area contributed by atoms with Crippen LogP contribution < -0.4 is 10.3 Å². The second kappa shape index (κ2) is 7.44. The van der Waals surface area contributed by atoms with Gasteiger partial charge < -0.3 is 5.32 Å². The lowest BCUT2D eigenvalue weighted by Gasteiger charge is -2.13. The third kappa shape index (κ3) is 3.49. The van der Waals surface area contributed by atoms with Gasteiger partial charge in [0.2, 0.25) is 15.4 Å². The molecule has 0 unspecified atom stereocenters. The molecule has 0 aliphatic carbocycles. The molecule has 140 valence electrons. The zero-order valence-electron chi connectivity index (χ0n) is 15.5. The lowest BCUT2D eigenvalue weighted by molar-refractivity contribution is -0.347. The molecular formula is C23H21N2O2S+. The molecule has 5 heteroatoms. The van der Waals surface area contributed by atoms with Crippen molar-refractivity contribution in [3.05, 3.63) is 96.2 Å². The van der Waals surface area contributed by atoms with Gasteiger partial charge in [0.25, 0.3) is 0 Å². The summed E-state index contributed by atoms with van der Waals surface area (Å²) in [5, 5.41) is 4.23. The fourth-order valence-electron chi connectivity index (χ4n) is 3.25. The van der Waals surface area contributed by atoms with Crippen molar-refractivity contribution >= 4 is 26.4 Å². The second-order valence-electron chi connectivity index (χ2n) is 6.73. The average molecular weight is 390 g/mol. The molecule has 4 rings (SSSR count). The lowest BCUT2D eigenvalue weighted by atomic mass is 10.1. The largest absolute Gasteiger partial charge is 0.379 e. The van der Waals surface area contributed by atoms with Gasteiger partial charge in [-0.25, -0.2) is 13.4 Å². The van der Waals surface area contributed by atoms with Crippen molar-refractivity contribution in [3.63, 3.8) is 0 Å². The zero-order chi connectivity index (χ0) is 19.6. The number of sulfone groups is 1. The van der Waals surface area contributed by atoms with Crippen LogP contribution in [0.15, 0.2) is 94.9 Å². The summed E-state index contributed by atoms with van der Waals surface area (Å²) in [5.41, 5.74) is 3.65. The van der Waals surface area contributed by atoms with E-state index < -0.39 is 9.84 Å². The van der Waals surface area contributed by atoms with E-state index in [9.17, 15) is 8.42 Å². The highest BCUT2D eigenvalue weighted by Gasteiger charge is 2.26. The third-order valence-electron chi connectivity index (χ3n) is 4.70. The van der Waals surface area contributed by atoms with Gasteiger partial charge in [0.05, 0.1) is 16.0 Å². The predicted octanol–water partition coefficient (Wildman–Crippen LogP) is 4.41. The van der Waals surface area contributed by atoms with E-state index >= 15 is 0 Å². The minimum atomic E-state index is -3.67. The highest BCUT2D eigenvalue weighted by atomic mass is 32.2. The molecule has 4 nitrogen and oxygen atoms in total. The number of fused-ring (bicyclic) bond motifs is 1. The van der Waals surface area contributed by atoms with E-state index in [0.29, 0.717) is 12.2 Å². The first-order valence-electron chi connectivity index (χ1n) is 9.09. The first-order chi connectivity index (χ1) is 13.6. The highest BCUT2D eigenvalue weighted by molar-refractivity contribution is 7.91. The van der Waals surface area contributed by atoms with Gasteiger partial charge in [-0.2, -0.15) is 0 Å². The minimum Gasteiger partial charge on any atom is -0.379 e. The Morgan fingerprint density at radius 3 is 2.29 bits per heavy atom. The Bertz CT molecular complexity index is 1220. The van der Waals surface area contributed by atoms with Crippen LogP contribution in [-0.2, 0) is 16.4 Å². The van der Waals surface area contributed by atoms with Gasteiger partial charge in [0.1, 0.15) is 0 Å². The molecule has 1 heterocycles. The Kier molecular flexibility index (Phi) is 4.84. The third-order valence-corrected chi connectivity index (χ3v) is 6.50. The normalized spacial score (nSPS) is 11.5. The van der Waals surface area contributed by atoms with Crippen molar-refractivity contribution in [2.24, 2.45) is 0 Å². The summed E-state index contributed by atoms with van der Waals surface area (Å²) in [6.07, 6.45) is 1.58. The fourth-order valence-corrected chi connectivity index (χ4v) is 4.68. The summed E-state index contributed by atoms with van der Waals surface area (Å²) in [6.45, 7) is 2.53. The van der Waals surface area contributed by atoms with E-state index in [-0.39, 0.29) is 9.79 Å². The van der Waals surface area contributed by atoms with Crippen molar-refractivity contribution in [2.45, 2.75) is 23.3 Å². The molecule has 0 atom stereocenters. The van der Waals surface area contributed by atoms with E-state index in [4.69, 9.17) is 0 Å². The molecule has 3 aromatic carbocycles. The Labute approximate surface area is 164 Å². The number of aromatic nitrogens is 1. The standard InChI is InChI=1S/C23H20N2O2S/c1-17-12-13-21-20(14-17)23(25-15-18-8-4-2-5-9-18)22(16-24-21)28(26,27)19-10-6-3-7-11-19/h2-14,16H,15H2,1H3,(H,24,25)/p+1. The topological polar surface area (TPSA) is 60.3 Å². The van der Waals surface area contributed by atoms with Gasteiger partial charge in [0, 0.05) is 12.6 Å². The molecule has 4 aromatic rings. The van der Waals surface area contributed by atoms with Gasteiger partial charge in [-0.3, -0.25) is 0 Å². The molecule has 0 amide bonds. The molecule has 0 spiro atoms. The number of hydrogen-bond acceptors (Lipinski definition) is 3. The van der Waals surface area contributed by atoms with Crippen molar-refractivity contribution < 1.29 is 13.4 Å². The molecule has 0 aliphatic rings. The highest BCUT2D eigenvalue weighted by Crippen LogP contribution is 2.32. The van der Waals surface area contributed by atoms with Crippen LogP contribution in [0.4, 0.5) is 5.69 Å². The number of H-pyrrole nitrogens is 1. The number of hydrogen-bond donors (Lipinski definition) is 1. The number of benzene rings is 3. The van der Waals surface area contributed by atoms with Crippen molar-refractivity contribution in [1.29, 1.82) is 0 Å². The Morgan fingerprint density at radius 1 is 0.893 bits per heavy atom. The summed E-state index contributed by atoms with van der Waals surface area (Å²) in [7, 11) is -3.67. The van der Waals surface area contributed by atoms with Gasteiger partial charge in [-0.15, -0.1) is 0 Å². The Balaban J connectivity index is 1.88. The van der Waals surface area contributed by atoms with Crippen LogP contribution in [0.25, 0.3) is 10.9 Å². The number of rotatable bonds is 5. The first-order valence-corrected chi connectivity index (χ1v) is 10.6. The fraction of sp³-hybridized carbons (Fsp3) is 0.0870. The summed E-state index contributed by atoms with van der Waals surface area (Å²) in [6, 6.07) is 24.4. The van der Waals surface area contributed by atoms with Crippen molar-refractivity contribution in [3.8, 4) is 0 Å². The molecule has 2 N–H and O–H groups in total. The van der Waals surface area contributed by atoms with Gasteiger partial charge in [-0.1, -0.05) is 54.6 Å². The van der Waals surface area contributed by atoms with E-state index in [0.717, 1.165) is 22.0 Å². The molecule has 0 fully saturated rings. The minimum absolute atomic E-state index is 0.243. The molecule has 28 heavy (non-hydrogen) atoms. The number of pyridine rings is 1. The Hall–Kier alpha value is -3.18. The van der Waals surface area contributed by atoms with Gasteiger partial charge >= 0.3 is 0 Å². The molecule has 0 saturated heterocycles. The monoisotopic (exact) mass is 389 g/mol. The molecule has 0 radical (unpaired) electrons. The predicted molar refractivity (Wildman–Crippen MR) is 111 cm³/mol. The Morgan fingerprint density at radius 2 is 1.57 bits per heavy atom. The molecule has 0 bridgehead atoms. The molecule has 0 saturated carbocycles. The SMILES string of the molecule is Cc1ccc2[nH+]cc(S(=O)(=O)c3ccccc3)c(NCc3ccccc3)c2c1. The first kappa shape index (κ1) is 18.2. The maximum atomic E-state index is 13.3. The van der Waals surface area contributed by atoms with Crippen LogP contribution in [0.2, 0.25) is 0 Å². The molecule has 0 aliphatic heterocycles. The van der Waals surface area contributed by atoms with E-state index in [2.05, 4.69) is 10.3 Å². The number of nitrogens with one attached hydrogen (secondary N) is 2. The van der Waals surface area contributed by atoms with Crippen molar-refractivity contribution in [1.82, 2.24) is 0 Å². The lowest BCUT2D eigenvalue weighted by Crippen LogP contribution is -2.15. The van der Waals surface area contributed by atoms with Crippen LogP contribution in [-0.4, -0.2) is 8.42 Å². The van der Waals surface area contributed by atoms with Gasteiger partial charge in [-0.05, 0) is 36.2 Å². The summed E-state index contributed by atoms with van der Waals surface area (Å²) in [5.74, 6) is 0. The summed E-state index contributed by atoms with van der Waals surface area (Å²) >= 11 is 0. The maximum absolute atomic E-state index is 13.3. The van der Waals surface area contributed by atoms with Crippen LogP contribution in [0.3, 0.4) is 0 Å². The number of aryl methyl sites for hydroxylation is 1. The average Bonchev–Trinajstić information content (AvgIpc) is 2.73. The van der Waals surface area contributed by atoms with Crippen LogP contribution in [0.1, 0.15) is 11.1 Å². The van der Waals surface area contributed by atoms with E-state index in [1.807, 2.05) is 61.5 Å². The van der Waals surface area contributed by atoms with Crippen LogP contribution in [0, 0.1) is 6.92 Å². The van der Waals surface area contributed by atoms with Crippen molar-refractivity contribution in [2.75, 3.05) is 5.32 Å². The maximum Gasteiger partial charge on any atom is 0.214 e.